The summed E-state index contributed by atoms with van der Waals surface area (Å²) in [7, 11) is 1.50. The van der Waals surface area contributed by atoms with Gasteiger partial charge in [0.2, 0.25) is 0 Å². The molecule has 114 valence electrons. The molecule has 1 fully saturated rings. The van der Waals surface area contributed by atoms with Crippen molar-refractivity contribution in [1.29, 1.82) is 0 Å². The van der Waals surface area contributed by atoms with Gasteiger partial charge >= 0.3 is 0 Å². The molecule has 1 saturated heterocycles. The van der Waals surface area contributed by atoms with Crippen LogP contribution in [0.15, 0.2) is 18.2 Å². The molecule has 0 unspecified atom stereocenters. The molecule has 1 aromatic carbocycles. The third kappa shape index (κ3) is 4.08. The van der Waals surface area contributed by atoms with E-state index in [4.69, 9.17) is 4.74 Å². The van der Waals surface area contributed by atoms with Gasteiger partial charge in [-0.3, -0.25) is 4.90 Å². The second-order valence-electron chi connectivity index (χ2n) is 4.98. The Balaban J connectivity index is 0.00000200. The first kappa shape index (κ1) is 17.2. The molecule has 1 aromatic rings. The summed E-state index contributed by atoms with van der Waals surface area (Å²) in [4.78, 5) is 2.45. The van der Waals surface area contributed by atoms with E-state index in [1.54, 1.807) is 12.1 Å². The summed E-state index contributed by atoms with van der Waals surface area (Å²) < 4.78 is 18.8. The van der Waals surface area contributed by atoms with Gasteiger partial charge in [0.1, 0.15) is 0 Å². The number of piperazine rings is 1. The predicted molar refractivity (Wildman–Crippen MR) is 82.3 cm³/mol. The smallest absolute Gasteiger partial charge is 0.165 e. The Morgan fingerprint density at radius 1 is 1.35 bits per heavy atom. The van der Waals surface area contributed by atoms with Gasteiger partial charge in [-0.25, -0.2) is 4.39 Å². The number of hydrogen-bond donors (Lipinski definition) is 1. The summed E-state index contributed by atoms with van der Waals surface area (Å²) in [6.07, 6.45) is 2.16. The maximum Gasteiger partial charge on any atom is 0.165 e. The first-order valence-electron chi connectivity index (χ1n) is 7.04. The molecular formula is C15H24ClFN2O. The fourth-order valence-corrected chi connectivity index (χ4v) is 2.72. The molecule has 1 atom stereocenters. The molecule has 5 heteroatoms. The molecular weight excluding hydrogens is 279 g/mol. The normalized spacial score (nSPS) is 17.4. The first-order chi connectivity index (χ1) is 9.26. The van der Waals surface area contributed by atoms with E-state index in [1.807, 2.05) is 6.07 Å². The molecule has 2 rings (SSSR count). The standard InChI is InChI=1S/C15H23FN2O.ClH/c1-3-4-14(18-9-7-17-8-10-18)12-5-6-15(19-2)13(16)11-12;/h5-6,11,14,17H,3-4,7-10H2,1-2H3;1H/t14-;/m1./s1. The van der Waals surface area contributed by atoms with Gasteiger partial charge in [0.05, 0.1) is 7.11 Å². The molecule has 1 heterocycles. The van der Waals surface area contributed by atoms with Gasteiger partial charge in [-0.15, -0.1) is 12.4 Å². The van der Waals surface area contributed by atoms with Crippen LogP contribution in [0.5, 0.6) is 5.75 Å². The Morgan fingerprint density at radius 3 is 2.60 bits per heavy atom. The van der Waals surface area contributed by atoms with Crippen LogP contribution in [0.1, 0.15) is 31.4 Å². The lowest BCUT2D eigenvalue weighted by molar-refractivity contribution is 0.164. The highest BCUT2D eigenvalue weighted by atomic mass is 35.5. The SMILES string of the molecule is CCC[C@H](c1ccc(OC)c(F)c1)N1CCNCC1.Cl. The molecule has 0 saturated carbocycles. The van der Waals surface area contributed by atoms with Crippen LogP contribution in [0.3, 0.4) is 0 Å². The number of hydrogen-bond acceptors (Lipinski definition) is 3. The van der Waals surface area contributed by atoms with Crippen molar-refractivity contribution in [3.63, 3.8) is 0 Å². The van der Waals surface area contributed by atoms with Crippen molar-refractivity contribution in [2.75, 3.05) is 33.3 Å². The molecule has 1 aliphatic rings. The molecule has 3 nitrogen and oxygen atoms in total. The monoisotopic (exact) mass is 302 g/mol. The fourth-order valence-electron chi connectivity index (χ4n) is 2.72. The van der Waals surface area contributed by atoms with Gasteiger partial charge in [0, 0.05) is 32.2 Å². The van der Waals surface area contributed by atoms with Crippen LogP contribution in [0.25, 0.3) is 0 Å². The van der Waals surface area contributed by atoms with Gasteiger partial charge in [0.15, 0.2) is 11.6 Å². The van der Waals surface area contributed by atoms with E-state index < -0.39 is 0 Å². The number of methoxy groups -OCH3 is 1. The summed E-state index contributed by atoms with van der Waals surface area (Å²) >= 11 is 0. The minimum atomic E-state index is -0.267. The third-order valence-electron chi connectivity index (χ3n) is 3.72. The largest absolute Gasteiger partial charge is 0.494 e. The number of nitrogens with zero attached hydrogens (tertiary/aromatic N) is 1. The highest BCUT2D eigenvalue weighted by molar-refractivity contribution is 5.85. The topological polar surface area (TPSA) is 24.5 Å². The number of rotatable bonds is 5. The summed E-state index contributed by atoms with van der Waals surface area (Å²) in [5.74, 6) is 0.0514. The summed E-state index contributed by atoms with van der Waals surface area (Å²) in [5, 5.41) is 3.36. The Labute approximate surface area is 126 Å². The van der Waals surface area contributed by atoms with Crippen LogP contribution in [0.2, 0.25) is 0 Å². The minimum Gasteiger partial charge on any atom is -0.494 e. The zero-order chi connectivity index (χ0) is 13.7. The van der Waals surface area contributed by atoms with Crippen molar-refractivity contribution in [2.24, 2.45) is 0 Å². The van der Waals surface area contributed by atoms with Gasteiger partial charge in [-0.05, 0) is 24.1 Å². The van der Waals surface area contributed by atoms with Crippen LogP contribution in [-0.4, -0.2) is 38.2 Å². The number of nitrogens with one attached hydrogen (secondary N) is 1. The lowest BCUT2D eigenvalue weighted by atomic mass is 9.99. The van der Waals surface area contributed by atoms with Crippen LogP contribution >= 0.6 is 12.4 Å². The highest BCUT2D eigenvalue weighted by Gasteiger charge is 2.22. The van der Waals surface area contributed by atoms with E-state index in [1.165, 1.54) is 7.11 Å². The van der Waals surface area contributed by atoms with Crippen molar-refractivity contribution in [2.45, 2.75) is 25.8 Å². The van der Waals surface area contributed by atoms with Gasteiger partial charge < -0.3 is 10.1 Å². The van der Waals surface area contributed by atoms with Crippen molar-refractivity contribution < 1.29 is 9.13 Å². The summed E-state index contributed by atoms with van der Waals surface area (Å²) in [6.45, 7) is 6.25. The highest BCUT2D eigenvalue weighted by Crippen LogP contribution is 2.29. The van der Waals surface area contributed by atoms with Gasteiger partial charge in [0.25, 0.3) is 0 Å². The Kier molecular flexibility index (Phi) is 7.27. The molecule has 1 N–H and O–H groups in total. The Hall–Kier alpha value is -0.840. The third-order valence-corrected chi connectivity index (χ3v) is 3.72. The molecule has 1 aliphatic heterocycles. The van der Waals surface area contributed by atoms with E-state index in [2.05, 4.69) is 17.1 Å². The van der Waals surface area contributed by atoms with Gasteiger partial charge in [-0.1, -0.05) is 19.4 Å². The molecule has 0 aromatic heterocycles. The summed E-state index contributed by atoms with van der Waals surface area (Å²) in [6, 6.07) is 5.66. The van der Waals surface area contributed by atoms with E-state index >= 15 is 0 Å². The maximum absolute atomic E-state index is 13.9. The number of benzene rings is 1. The average Bonchev–Trinajstić information content (AvgIpc) is 2.45. The fraction of sp³-hybridized carbons (Fsp3) is 0.600. The van der Waals surface area contributed by atoms with Crippen molar-refractivity contribution in [1.82, 2.24) is 10.2 Å². The zero-order valence-electron chi connectivity index (χ0n) is 12.2. The maximum atomic E-state index is 13.9. The quantitative estimate of drug-likeness (QED) is 0.905. The van der Waals surface area contributed by atoms with Crippen molar-refractivity contribution in [3.05, 3.63) is 29.6 Å². The van der Waals surface area contributed by atoms with E-state index in [-0.39, 0.29) is 18.2 Å². The minimum absolute atomic E-state index is 0. The zero-order valence-corrected chi connectivity index (χ0v) is 13.0. The molecule has 0 radical (unpaired) electrons. The van der Waals surface area contributed by atoms with Crippen LogP contribution in [-0.2, 0) is 0 Å². The van der Waals surface area contributed by atoms with E-state index in [9.17, 15) is 4.39 Å². The summed E-state index contributed by atoms with van der Waals surface area (Å²) in [5.41, 5.74) is 1.06. The van der Waals surface area contributed by atoms with Crippen molar-refractivity contribution in [3.8, 4) is 5.75 Å². The lowest BCUT2D eigenvalue weighted by Crippen LogP contribution is -2.45. The molecule has 0 spiro atoms. The Bertz CT molecular complexity index is 411. The number of halogens is 2. The van der Waals surface area contributed by atoms with E-state index in [0.29, 0.717) is 11.8 Å². The first-order valence-corrected chi connectivity index (χ1v) is 7.04. The Morgan fingerprint density at radius 2 is 2.05 bits per heavy atom. The second-order valence-corrected chi connectivity index (χ2v) is 4.98. The van der Waals surface area contributed by atoms with Crippen LogP contribution in [0.4, 0.5) is 4.39 Å². The lowest BCUT2D eigenvalue weighted by Gasteiger charge is -2.35. The molecule has 0 amide bonds. The van der Waals surface area contributed by atoms with Crippen LogP contribution in [0, 0.1) is 5.82 Å². The predicted octanol–water partition coefficient (Wildman–Crippen LogP) is 3.00. The van der Waals surface area contributed by atoms with E-state index in [0.717, 1.165) is 44.6 Å². The van der Waals surface area contributed by atoms with Crippen molar-refractivity contribution >= 4 is 12.4 Å². The average molecular weight is 303 g/mol. The second kappa shape index (κ2) is 8.45. The van der Waals surface area contributed by atoms with Crippen LogP contribution < -0.4 is 10.1 Å². The molecule has 0 bridgehead atoms. The molecule has 0 aliphatic carbocycles. The van der Waals surface area contributed by atoms with Gasteiger partial charge in [-0.2, -0.15) is 0 Å². The molecule has 20 heavy (non-hydrogen) atoms. The number of ether oxygens (including phenoxy) is 1.